The van der Waals surface area contributed by atoms with Gasteiger partial charge in [-0.15, -0.1) is 10.3 Å². The molecule has 2 aromatic rings. The number of hydrogen-bond donors (Lipinski definition) is 1. The summed E-state index contributed by atoms with van der Waals surface area (Å²) in [6.07, 6.45) is 1.31. The number of rotatable bonds is 5. The van der Waals surface area contributed by atoms with E-state index in [2.05, 4.69) is 5.43 Å². The highest BCUT2D eigenvalue weighted by Crippen LogP contribution is 2.04. The van der Waals surface area contributed by atoms with Crippen LogP contribution in [-0.2, 0) is 15.8 Å². The van der Waals surface area contributed by atoms with Crippen LogP contribution in [0, 0.1) is 0 Å². The Bertz CT molecular complexity index is 636. The summed E-state index contributed by atoms with van der Waals surface area (Å²) in [5.74, 6) is -1.05. The maximum absolute atomic E-state index is 11.7. The molecule has 1 aromatic heterocycles. The van der Waals surface area contributed by atoms with E-state index < -0.39 is 15.9 Å². The van der Waals surface area contributed by atoms with Gasteiger partial charge in [0.05, 0.1) is 12.0 Å². The molecule has 0 unspecified atom stereocenters. The SMILES string of the molecule is O=C([N]NS(=O)(=O)Cc1ccccc1)c1ccco1. The van der Waals surface area contributed by atoms with E-state index in [1.54, 1.807) is 30.3 Å². The second-order valence-corrected chi connectivity index (χ2v) is 5.43. The first kappa shape index (κ1) is 13.3. The van der Waals surface area contributed by atoms with Crippen molar-refractivity contribution < 1.29 is 17.6 Å². The highest BCUT2D eigenvalue weighted by molar-refractivity contribution is 7.88. The molecule has 2 rings (SSSR count). The predicted molar refractivity (Wildman–Crippen MR) is 67.4 cm³/mol. The quantitative estimate of drug-likeness (QED) is 0.828. The molecule has 0 aliphatic carbocycles. The van der Waals surface area contributed by atoms with Crippen LogP contribution in [0.2, 0.25) is 0 Å². The Kier molecular flexibility index (Phi) is 3.98. The molecule has 1 radical (unpaired) electrons. The second-order valence-electron chi connectivity index (χ2n) is 3.73. The van der Waals surface area contributed by atoms with E-state index in [-0.39, 0.29) is 11.5 Å². The molecule has 0 fully saturated rings. The van der Waals surface area contributed by atoms with Crippen molar-refractivity contribution in [1.82, 2.24) is 10.3 Å². The normalized spacial score (nSPS) is 11.2. The van der Waals surface area contributed by atoms with Gasteiger partial charge in [-0.25, -0.2) is 8.42 Å². The average Bonchev–Trinajstić information content (AvgIpc) is 2.91. The van der Waals surface area contributed by atoms with Gasteiger partial charge in [0.15, 0.2) is 5.76 Å². The lowest BCUT2D eigenvalue weighted by Crippen LogP contribution is -2.36. The van der Waals surface area contributed by atoms with Crippen LogP contribution in [0.15, 0.2) is 53.1 Å². The highest BCUT2D eigenvalue weighted by Gasteiger charge is 2.16. The lowest BCUT2D eigenvalue weighted by Gasteiger charge is -2.04. The zero-order valence-electron chi connectivity index (χ0n) is 9.81. The van der Waals surface area contributed by atoms with Crippen LogP contribution < -0.4 is 10.3 Å². The van der Waals surface area contributed by atoms with Crippen molar-refractivity contribution in [1.29, 1.82) is 0 Å². The Hall–Kier alpha value is -2.12. The van der Waals surface area contributed by atoms with E-state index in [0.29, 0.717) is 5.56 Å². The first-order chi connectivity index (χ1) is 9.07. The molecule has 1 heterocycles. The van der Waals surface area contributed by atoms with Gasteiger partial charge in [0.1, 0.15) is 0 Å². The van der Waals surface area contributed by atoms with E-state index in [9.17, 15) is 13.2 Å². The number of hydrogen-bond acceptors (Lipinski definition) is 4. The molecule has 99 valence electrons. The molecule has 0 saturated carbocycles. The topological polar surface area (TPSA) is 90.5 Å². The smallest absolute Gasteiger partial charge is 0.325 e. The van der Waals surface area contributed by atoms with E-state index in [1.807, 2.05) is 4.83 Å². The standard InChI is InChI=1S/C12H11N2O4S/c15-12(11-7-4-8-18-11)13-14-19(16,17)9-10-5-2-1-3-6-10/h1-8,14H,9H2. The number of nitrogens with zero attached hydrogens (tertiary/aromatic N) is 1. The van der Waals surface area contributed by atoms with Crippen molar-refractivity contribution in [3.05, 3.63) is 60.1 Å². The van der Waals surface area contributed by atoms with Crippen LogP contribution >= 0.6 is 0 Å². The fourth-order valence-corrected chi connectivity index (χ4v) is 2.31. The van der Waals surface area contributed by atoms with Crippen LogP contribution in [0.3, 0.4) is 0 Å². The summed E-state index contributed by atoms with van der Waals surface area (Å²) >= 11 is 0. The van der Waals surface area contributed by atoms with Crippen molar-refractivity contribution in [3.8, 4) is 0 Å². The molecule has 0 aliphatic rings. The summed E-state index contributed by atoms with van der Waals surface area (Å²) in [4.78, 5) is 13.3. The fraction of sp³-hybridized carbons (Fsp3) is 0.0833. The number of furan rings is 1. The Morgan fingerprint density at radius 1 is 1.16 bits per heavy atom. The summed E-state index contributed by atoms with van der Waals surface area (Å²) in [6.45, 7) is 0. The van der Waals surface area contributed by atoms with Crippen LogP contribution in [0.1, 0.15) is 16.1 Å². The number of nitrogens with one attached hydrogen (secondary N) is 1. The zero-order chi connectivity index (χ0) is 13.7. The average molecular weight is 279 g/mol. The van der Waals surface area contributed by atoms with E-state index in [0.717, 1.165) is 0 Å². The largest absolute Gasteiger partial charge is 0.459 e. The minimum absolute atomic E-state index is 0.0255. The number of carbonyl (C=O) groups is 1. The molecule has 1 aromatic carbocycles. The number of amides is 1. The van der Waals surface area contributed by atoms with E-state index in [1.165, 1.54) is 18.4 Å². The highest BCUT2D eigenvalue weighted by atomic mass is 32.2. The summed E-state index contributed by atoms with van der Waals surface area (Å²) in [5.41, 5.74) is 3.87. The van der Waals surface area contributed by atoms with Gasteiger partial charge in [-0.1, -0.05) is 30.3 Å². The summed E-state index contributed by atoms with van der Waals surface area (Å²) in [7, 11) is -3.70. The monoisotopic (exact) mass is 279 g/mol. The molecule has 1 N–H and O–H groups in total. The van der Waals surface area contributed by atoms with Crippen LogP contribution in [0.5, 0.6) is 0 Å². The lowest BCUT2D eigenvalue weighted by atomic mass is 10.2. The van der Waals surface area contributed by atoms with Gasteiger partial charge < -0.3 is 4.42 Å². The molecule has 19 heavy (non-hydrogen) atoms. The third-order valence-electron chi connectivity index (χ3n) is 2.22. The van der Waals surface area contributed by atoms with Crippen molar-refractivity contribution >= 4 is 15.9 Å². The Morgan fingerprint density at radius 3 is 2.53 bits per heavy atom. The Balaban J connectivity index is 1.93. The first-order valence-corrected chi connectivity index (χ1v) is 7.04. The molecular weight excluding hydrogens is 268 g/mol. The number of sulfonamides is 1. The van der Waals surface area contributed by atoms with Gasteiger partial charge >= 0.3 is 5.91 Å². The summed E-state index contributed by atoms with van der Waals surface area (Å²) < 4.78 is 28.2. The van der Waals surface area contributed by atoms with E-state index in [4.69, 9.17) is 4.42 Å². The molecular formula is C12H11N2O4S. The lowest BCUT2D eigenvalue weighted by molar-refractivity contribution is 0.0912. The fourth-order valence-electron chi connectivity index (χ4n) is 1.39. The zero-order valence-corrected chi connectivity index (χ0v) is 10.6. The van der Waals surface area contributed by atoms with Crippen LogP contribution in [-0.4, -0.2) is 14.3 Å². The molecule has 0 bridgehead atoms. The molecule has 0 spiro atoms. The van der Waals surface area contributed by atoms with Gasteiger partial charge in [0, 0.05) is 0 Å². The van der Waals surface area contributed by atoms with Gasteiger partial charge in [-0.2, -0.15) is 0 Å². The molecule has 1 amide bonds. The van der Waals surface area contributed by atoms with Crippen molar-refractivity contribution in [3.63, 3.8) is 0 Å². The molecule has 0 atom stereocenters. The summed E-state index contributed by atoms with van der Waals surface area (Å²) in [5, 5.41) is 0. The van der Waals surface area contributed by atoms with Crippen molar-refractivity contribution in [2.24, 2.45) is 0 Å². The molecule has 0 aliphatic heterocycles. The minimum Gasteiger partial charge on any atom is -0.459 e. The van der Waals surface area contributed by atoms with Crippen LogP contribution in [0.25, 0.3) is 0 Å². The Labute approximate surface area is 110 Å². The minimum atomic E-state index is -3.70. The number of benzene rings is 1. The molecule has 0 saturated heterocycles. The first-order valence-electron chi connectivity index (χ1n) is 5.39. The second kappa shape index (κ2) is 5.68. The summed E-state index contributed by atoms with van der Waals surface area (Å²) in [6, 6.07) is 11.5. The predicted octanol–water partition coefficient (Wildman–Crippen LogP) is 1.06. The molecule has 7 heteroatoms. The molecule has 6 nitrogen and oxygen atoms in total. The van der Waals surface area contributed by atoms with Gasteiger partial charge in [0.2, 0.25) is 10.0 Å². The maximum Gasteiger partial charge on any atom is 0.325 e. The van der Waals surface area contributed by atoms with Gasteiger partial charge in [-0.3, -0.25) is 4.79 Å². The van der Waals surface area contributed by atoms with Crippen LogP contribution in [0.4, 0.5) is 0 Å². The maximum atomic E-state index is 11.7. The third-order valence-corrected chi connectivity index (χ3v) is 3.30. The Morgan fingerprint density at radius 2 is 1.89 bits per heavy atom. The van der Waals surface area contributed by atoms with Crippen molar-refractivity contribution in [2.45, 2.75) is 5.75 Å². The number of carbonyl (C=O) groups excluding carboxylic acids is 1. The van der Waals surface area contributed by atoms with E-state index >= 15 is 0 Å². The van der Waals surface area contributed by atoms with Crippen molar-refractivity contribution in [2.75, 3.05) is 0 Å². The van der Waals surface area contributed by atoms with Gasteiger partial charge in [-0.05, 0) is 17.7 Å². The van der Waals surface area contributed by atoms with Gasteiger partial charge in [0.25, 0.3) is 0 Å². The third kappa shape index (κ3) is 3.94.